The molecule has 2 aromatic rings. The van der Waals surface area contributed by atoms with Gasteiger partial charge in [-0.25, -0.2) is 14.4 Å². The molecule has 24 heavy (non-hydrogen) atoms. The normalized spacial score (nSPS) is 12.0. The summed E-state index contributed by atoms with van der Waals surface area (Å²) >= 11 is 0. The first-order valence-electron chi connectivity index (χ1n) is 7.76. The van der Waals surface area contributed by atoms with Crippen molar-refractivity contribution in [1.29, 1.82) is 0 Å². The van der Waals surface area contributed by atoms with Gasteiger partial charge in [0.2, 0.25) is 0 Å². The quantitative estimate of drug-likeness (QED) is 0.507. The van der Waals surface area contributed by atoms with E-state index >= 15 is 0 Å². The number of alkyl halides is 3. The van der Waals surface area contributed by atoms with Gasteiger partial charge in [0, 0.05) is 29.6 Å². The van der Waals surface area contributed by atoms with Gasteiger partial charge in [0.15, 0.2) is 5.82 Å². The SMILES string of the molecule is CCCCCc1cnc(-c2ccc(/C=C/C(F)(F)F)c(F)c2)nc1. The van der Waals surface area contributed by atoms with E-state index in [0.29, 0.717) is 17.5 Å². The summed E-state index contributed by atoms with van der Waals surface area (Å²) in [5, 5.41) is 0. The molecule has 0 N–H and O–H groups in total. The molecule has 1 aromatic carbocycles. The average molecular weight is 338 g/mol. The Morgan fingerprint density at radius 1 is 1.08 bits per heavy atom. The molecule has 6 heteroatoms. The molecular weight excluding hydrogens is 320 g/mol. The highest BCUT2D eigenvalue weighted by atomic mass is 19.4. The summed E-state index contributed by atoms with van der Waals surface area (Å²) in [6.45, 7) is 2.13. The monoisotopic (exact) mass is 338 g/mol. The molecule has 128 valence electrons. The summed E-state index contributed by atoms with van der Waals surface area (Å²) in [5.41, 5.74) is 1.31. The largest absolute Gasteiger partial charge is 0.409 e. The molecule has 0 radical (unpaired) electrons. The van der Waals surface area contributed by atoms with Crippen LogP contribution >= 0.6 is 0 Å². The van der Waals surface area contributed by atoms with Crippen LogP contribution in [0.25, 0.3) is 17.5 Å². The van der Waals surface area contributed by atoms with Gasteiger partial charge < -0.3 is 0 Å². The molecule has 0 saturated carbocycles. The molecule has 0 atom stereocenters. The summed E-state index contributed by atoms with van der Waals surface area (Å²) in [7, 11) is 0. The fraction of sp³-hybridized carbons (Fsp3) is 0.333. The number of hydrogen-bond acceptors (Lipinski definition) is 2. The second kappa shape index (κ2) is 8.04. The highest BCUT2D eigenvalue weighted by molar-refractivity contribution is 5.60. The first-order valence-corrected chi connectivity index (χ1v) is 7.76. The van der Waals surface area contributed by atoms with Crippen LogP contribution in [0, 0.1) is 5.82 Å². The second-order valence-corrected chi connectivity index (χ2v) is 5.48. The van der Waals surface area contributed by atoms with Crippen LogP contribution in [-0.2, 0) is 6.42 Å². The van der Waals surface area contributed by atoms with Crippen LogP contribution in [0.15, 0.2) is 36.7 Å². The molecule has 0 amide bonds. The van der Waals surface area contributed by atoms with Gasteiger partial charge in [-0.3, -0.25) is 0 Å². The lowest BCUT2D eigenvalue weighted by Crippen LogP contribution is -2.00. The number of hydrogen-bond donors (Lipinski definition) is 0. The van der Waals surface area contributed by atoms with E-state index in [1.807, 2.05) is 0 Å². The molecule has 0 unspecified atom stereocenters. The van der Waals surface area contributed by atoms with Crippen molar-refractivity contribution in [2.45, 2.75) is 38.8 Å². The molecule has 0 aliphatic heterocycles. The minimum atomic E-state index is -4.47. The Labute approximate surface area is 138 Å². The highest BCUT2D eigenvalue weighted by Gasteiger charge is 2.22. The van der Waals surface area contributed by atoms with Crippen molar-refractivity contribution < 1.29 is 17.6 Å². The first-order chi connectivity index (χ1) is 11.4. The summed E-state index contributed by atoms with van der Waals surface area (Å²) in [4.78, 5) is 8.42. The highest BCUT2D eigenvalue weighted by Crippen LogP contribution is 2.22. The smallest absolute Gasteiger partial charge is 0.236 e. The van der Waals surface area contributed by atoms with Gasteiger partial charge >= 0.3 is 6.18 Å². The number of benzene rings is 1. The second-order valence-electron chi connectivity index (χ2n) is 5.48. The Hall–Kier alpha value is -2.24. The van der Waals surface area contributed by atoms with E-state index in [2.05, 4.69) is 16.9 Å². The van der Waals surface area contributed by atoms with Crippen molar-refractivity contribution in [3.05, 3.63) is 53.6 Å². The predicted molar refractivity (Wildman–Crippen MR) is 85.7 cm³/mol. The predicted octanol–water partition coefficient (Wildman–Crippen LogP) is 5.59. The van der Waals surface area contributed by atoms with Crippen molar-refractivity contribution in [3.63, 3.8) is 0 Å². The van der Waals surface area contributed by atoms with Crippen LogP contribution in [-0.4, -0.2) is 16.1 Å². The zero-order valence-electron chi connectivity index (χ0n) is 13.3. The molecule has 0 bridgehead atoms. The van der Waals surface area contributed by atoms with Crippen molar-refractivity contribution in [3.8, 4) is 11.4 Å². The van der Waals surface area contributed by atoms with Crippen molar-refractivity contribution in [1.82, 2.24) is 9.97 Å². The van der Waals surface area contributed by atoms with E-state index < -0.39 is 12.0 Å². The lowest BCUT2D eigenvalue weighted by Gasteiger charge is -2.05. The third-order valence-electron chi connectivity index (χ3n) is 3.48. The number of halogens is 4. The molecule has 0 saturated heterocycles. The van der Waals surface area contributed by atoms with Gasteiger partial charge in [0.25, 0.3) is 0 Å². The first kappa shape index (κ1) is 18.1. The lowest BCUT2D eigenvalue weighted by atomic mass is 10.1. The Morgan fingerprint density at radius 2 is 1.79 bits per heavy atom. The van der Waals surface area contributed by atoms with E-state index in [-0.39, 0.29) is 11.6 Å². The number of unbranched alkanes of at least 4 members (excludes halogenated alkanes) is 2. The van der Waals surface area contributed by atoms with Crippen LogP contribution in [0.4, 0.5) is 17.6 Å². The summed E-state index contributed by atoms with van der Waals surface area (Å²) in [6, 6.07) is 3.93. The standard InChI is InChI=1S/C18H18F4N2/c1-2-3-4-5-13-11-23-17(24-12-13)15-7-6-14(16(19)10-15)8-9-18(20,21)22/h6-12H,2-5H2,1H3/b9-8+. The summed E-state index contributed by atoms with van der Waals surface area (Å²) < 4.78 is 50.3. The maximum Gasteiger partial charge on any atom is 0.409 e. The van der Waals surface area contributed by atoms with Crippen LogP contribution in [0.1, 0.15) is 37.3 Å². The number of nitrogens with zero attached hydrogens (tertiary/aromatic N) is 2. The van der Waals surface area contributed by atoms with Crippen molar-refractivity contribution >= 4 is 6.08 Å². The van der Waals surface area contributed by atoms with Crippen LogP contribution in [0.3, 0.4) is 0 Å². The van der Waals surface area contributed by atoms with Gasteiger partial charge in [0.05, 0.1) is 0 Å². The van der Waals surface area contributed by atoms with Gasteiger partial charge in [-0.05, 0) is 30.5 Å². The fourth-order valence-corrected chi connectivity index (χ4v) is 2.20. The third kappa shape index (κ3) is 5.44. The molecule has 1 aromatic heterocycles. The summed E-state index contributed by atoms with van der Waals surface area (Å²) in [5.74, 6) is -0.400. The average Bonchev–Trinajstić information content (AvgIpc) is 2.54. The lowest BCUT2D eigenvalue weighted by molar-refractivity contribution is -0.0790. The van der Waals surface area contributed by atoms with E-state index in [9.17, 15) is 17.6 Å². The van der Waals surface area contributed by atoms with Crippen molar-refractivity contribution in [2.75, 3.05) is 0 Å². The molecule has 0 aliphatic rings. The molecule has 0 aliphatic carbocycles. The summed E-state index contributed by atoms with van der Waals surface area (Å²) in [6.07, 6.45) is 3.87. The van der Waals surface area contributed by atoms with Gasteiger partial charge in [-0.15, -0.1) is 0 Å². The van der Waals surface area contributed by atoms with Gasteiger partial charge in [-0.1, -0.05) is 31.9 Å². The maximum absolute atomic E-state index is 13.9. The molecule has 0 spiro atoms. The van der Waals surface area contributed by atoms with E-state index in [4.69, 9.17) is 0 Å². The van der Waals surface area contributed by atoms with E-state index in [0.717, 1.165) is 37.3 Å². The van der Waals surface area contributed by atoms with Gasteiger partial charge in [-0.2, -0.15) is 13.2 Å². The topological polar surface area (TPSA) is 25.8 Å². The van der Waals surface area contributed by atoms with Crippen molar-refractivity contribution in [2.24, 2.45) is 0 Å². The van der Waals surface area contributed by atoms with Gasteiger partial charge in [0.1, 0.15) is 5.82 Å². The van der Waals surface area contributed by atoms with Crippen LogP contribution < -0.4 is 0 Å². The Kier molecular flexibility index (Phi) is 6.06. The minimum Gasteiger partial charge on any atom is -0.236 e. The fourth-order valence-electron chi connectivity index (χ4n) is 2.20. The molecule has 2 rings (SSSR count). The van der Waals surface area contributed by atoms with Crippen LogP contribution in [0.5, 0.6) is 0 Å². The van der Waals surface area contributed by atoms with E-state index in [1.165, 1.54) is 12.1 Å². The number of allylic oxidation sites excluding steroid dienone is 1. The zero-order chi connectivity index (χ0) is 17.6. The number of aryl methyl sites for hydroxylation is 1. The maximum atomic E-state index is 13.9. The molecule has 2 nitrogen and oxygen atoms in total. The zero-order valence-corrected chi connectivity index (χ0v) is 13.3. The Bertz CT molecular complexity index is 691. The minimum absolute atomic E-state index is 0.00663. The third-order valence-corrected chi connectivity index (χ3v) is 3.48. The Balaban J connectivity index is 2.12. The number of aromatic nitrogens is 2. The van der Waals surface area contributed by atoms with E-state index in [1.54, 1.807) is 12.4 Å². The molecule has 1 heterocycles. The molecule has 0 fully saturated rings. The molecular formula is C18H18F4N2. The Morgan fingerprint density at radius 3 is 2.38 bits per heavy atom. The van der Waals surface area contributed by atoms with Crippen LogP contribution in [0.2, 0.25) is 0 Å². The number of rotatable bonds is 6.